The number of piperidine rings is 1. The molecule has 5 heteroatoms. The van der Waals surface area contributed by atoms with Gasteiger partial charge < -0.3 is 4.90 Å². The molecule has 4 nitrogen and oxygen atoms in total. The predicted molar refractivity (Wildman–Crippen MR) is 93.5 cm³/mol. The molecule has 0 radical (unpaired) electrons. The molecule has 2 aromatic rings. The van der Waals surface area contributed by atoms with E-state index in [0.29, 0.717) is 0 Å². The Morgan fingerprint density at radius 1 is 0.913 bits per heavy atom. The summed E-state index contributed by atoms with van der Waals surface area (Å²) < 4.78 is 29.7. The van der Waals surface area contributed by atoms with Crippen molar-refractivity contribution in [2.24, 2.45) is 0 Å². The average Bonchev–Trinajstić information content (AvgIpc) is 2.56. The smallest absolute Gasteiger partial charge is 0.294 e. The zero-order chi connectivity index (χ0) is 16.7. The molecule has 0 unspecified atom stereocenters. The SMILES string of the molecule is Cc1cccc(S(=O)(=O)O)c1.c1ccc(N2CCCCC2)cc1. The highest BCUT2D eigenvalue weighted by atomic mass is 32.2. The summed E-state index contributed by atoms with van der Waals surface area (Å²) in [4.78, 5) is 2.42. The highest BCUT2D eigenvalue weighted by molar-refractivity contribution is 7.85. The van der Waals surface area contributed by atoms with E-state index >= 15 is 0 Å². The number of hydrogen-bond donors (Lipinski definition) is 1. The molecule has 2 aromatic carbocycles. The molecule has 1 fully saturated rings. The minimum absolute atomic E-state index is 0.0579. The number of rotatable bonds is 2. The van der Waals surface area contributed by atoms with Gasteiger partial charge in [0.1, 0.15) is 0 Å². The van der Waals surface area contributed by atoms with E-state index in [9.17, 15) is 8.42 Å². The van der Waals surface area contributed by atoms with Crippen molar-refractivity contribution in [2.45, 2.75) is 31.1 Å². The molecular formula is C18H23NO3S. The van der Waals surface area contributed by atoms with Crippen molar-refractivity contribution < 1.29 is 13.0 Å². The molecule has 0 atom stereocenters. The molecule has 1 N–H and O–H groups in total. The van der Waals surface area contributed by atoms with Gasteiger partial charge in [-0.1, -0.05) is 30.3 Å². The second-order valence-electron chi connectivity index (χ2n) is 5.67. The Morgan fingerprint density at radius 2 is 1.57 bits per heavy atom. The van der Waals surface area contributed by atoms with Crippen molar-refractivity contribution in [3.63, 3.8) is 0 Å². The Bertz CT molecular complexity index is 708. The topological polar surface area (TPSA) is 57.6 Å². The van der Waals surface area contributed by atoms with Crippen LogP contribution in [0.1, 0.15) is 24.8 Å². The number of benzene rings is 2. The zero-order valence-corrected chi connectivity index (χ0v) is 14.2. The first-order valence-corrected chi connectivity index (χ1v) is 9.25. The molecule has 1 saturated heterocycles. The van der Waals surface area contributed by atoms with Crippen LogP contribution in [0.5, 0.6) is 0 Å². The van der Waals surface area contributed by atoms with Crippen LogP contribution in [-0.4, -0.2) is 26.1 Å². The Morgan fingerprint density at radius 3 is 2.09 bits per heavy atom. The molecule has 1 aliphatic heterocycles. The minimum atomic E-state index is -4.03. The third kappa shape index (κ3) is 5.69. The van der Waals surface area contributed by atoms with E-state index in [1.54, 1.807) is 19.1 Å². The second-order valence-corrected chi connectivity index (χ2v) is 7.10. The Balaban J connectivity index is 0.000000168. The van der Waals surface area contributed by atoms with Crippen LogP contribution in [0.2, 0.25) is 0 Å². The van der Waals surface area contributed by atoms with Gasteiger partial charge >= 0.3 is 0 Å². The Kier molecular flexibility index (Phi) is 6.19. The van der Waals surface area contributed by atoms with Crippen molar-refractivity contribution >= 4 is 15.8 Å². The quantitative estimate of drug-likeness (QED) is 0.846. The molecular weight excluding hydrogens is 310 g/mol. The summed E-state index contributed by atoms with van der Waals surface area (Å²) in [6.45, 7) is 4.24. The van der Waals surface area contributed by atoms with E-state index in [0.717, 1.165) is 5.56 Å². The van der Waals surface area contributed by atoms with Crippen molar-refractivity contribution in [3.05, 3.63) is 60.2 Å². The van der Waals surface area contributed by atoms with Crippen molar-refractivity contribution in [1.29, 1.82) is 0 Å². The highest BCUT2D eigenvalue weighted by Gasteiger charge is 2.09. The number of para-hydroxylation sites is 1. The van der Waals surface area contributed by atoms with Gasteiger partial charge in [-0.3, -0.25) is 4.55 Å². The summed E-state index contributed by atoms with van der Waals surface area (Å²) in [6, 6.07) is 16.8. The fraction of sp³-hybridized carbons (Fsp3) is 0.333. The maximum atomic E-state index is 10.5. The van der Waals surface area contributed by atoms with Gasteiger partial charge in [-0.25, -0.2) is 0 Å². The maximum absolute atomic E-state index is 10.5. The van der Waals surface area contributed by atoms with E-state index in [1.807, 2.05) is 0 Å². The third-order valence-corrected chi connectivity index (χ3v) is 4.61. The molecule has 1 heterocycles. The van der Waals surface area contributed by atoms with Crippen LogP contribution in [-0.2, 0) is 10.1 Å². The van der Waals surface area contributed by atoms with Crippen molar-refractivity contribution in [2.75, 3.05) is 18.0 Å². The van der Waals surface area contributed by atoms with Crippen molar-refractivity contribution in [1.82, 2.24) is 0 Å². The van der Waals surface area contributed by atoms with Crippen LogP contribution in [0.3, 0.4) is 0 Å². The van der Waals surface area contributed by atoms with Crippen LogP contribution in [0.4, 0.5) is 5.69 Å². The molecule has 124 valence electrons. The summed E-state index contributed by atoms with van der Waals surface area (Å²) in [5, 5.41) is 0. The molecule has 0 aromatic heterocycles. The van der Waals surface area contributed by atoms with Gasteiger partial charge in [0.05, 0.1) is 4.90 Å². The van der Waals surface area contributed by atoms with Gasteiger partial charge in [-0.2, -0.15) is 8.42 Å². The summed E-state index contributed by atoms with van der Waals surface area (Å²) in [7, 11) is -4.03. The van der Waals surface area contributed by atoms with Crippen molar-refractivity contribution in [3.8, 4) is 0 Å². The highest BCUT2D eigenvalue weighted by Crippen LogP contribution is 2.18. The van der Waals surface area contributed by atoms with Gasteiger partial charge in [0.15, 0.2) is 0 Å². The fourth-order valence-corrected chi connectivity index (χ4v) is 3.15. The van der Waals surface area contributed by atoms with Crippen LogP contribution < -0.4 is 4.90 Å². The first-order valence-electron chi connectivity index (χ1n) is 7.81. The molecule has 23 heavy (non-hydrogen) atoms. The molecule has 0 saturated carbocycles. The lowest BCUT2D eigenvalue weighted by atomic mass is 10.1. The van der Waals surface area contributed by atoms with E-state index < -0.39 is 10.1 Å². The van der Waals surface area contributed by atoms with Gasteiger partial charge in [0, 0.05) is 18.8 Å². The molecule has 0 aliphatic carbocycles. The molecule has 3 rings (SSSR count). The summed E-state index contributed by atoms with van der Waals surface area (Å²) >= 11 is 0. The van der Waals surface area contributed by atoms with Gasteiger partial charge in [0.25, 0.3) is 10.1 Å². The lowest BCUT2D eigenvalue weighted by Crippen LogP contribution is -2.29. The van der Waals surface area contributed by atoms with E-state index in [4.69, 9.17) is 4.55 Å². The third-order valence-electron chi connectivity index (χ3n) is 3.76. The average molecular weight is 333 g/mol. The van der Waals surface area contributed by atoms with E-state index in [2.05, 4.69) is 35.2 Å². The molecule has 0 spiro atoms. The summed E-state index contributed by atoms with van der Waals surface area (Å²) in [5.41, 5.74) is 2.19. The zero-order valence-electron chi connectivity index (χ0n) is 13.4. The minimum Gasteiger partial charge on any atom is -0.372 e. The Labute approximate surface area is 138 Å². The van der Waals surface area contributed by atoms with E-state index in [-0.39, 0.29) is 4.90 Å². The van der Waals surface area contributed by atoms with Crippen LogP contribution in [0.25, 0.3) is 0 Å². The van der Waals surface area contributed by atoms with Crippen LogP contribution in [0.15, 0.2) is 59.5 Å². The lowest BCUT2D eigenvalue weighted by Gasteiger charge is -2.28. The number of hydrogen-bond acceptors (Lipinski definition) is 3. The van der Waals surface area contributed by atoms with Crippen LogP contribution in [0, 0.1) is 6.92 Å². The van der Waals surface area contributed by atoms with Gasteiger partial charge in [-0.05, 0) is 56.0 Å². The number of anilines is 1. The predicted octanol–water partition coefficient (Wildman–Crippen LogP) is 3.92. The van der Waals surface area contributed by atoms with Crippen LogP contribution >= 0.6 is 0 Å². The molecule has 1 aliphatic rings. The molecule has 0 amide bonds. The lowest BCUT2D eigenvalue weighted by molar-refractivity contribution is 0.483. The summed E-state index contributed by atoms with van der Waals surface area (Å²) in [6.07, 6.45) is 4.12. The maximum Gasteiger partial charge on any atom is 0.294 e. The normalized spacial score (nSPS) is 14.8. The Hall–Kier alpha value is -1.85. The first kappa shape index (κ1) is 17.5. The standard InChI is InChI=1S/C11H15N.C7H8O3S/c1-3-7-11(8-4-1)12-9-5-2-6-10-12;1-6-3-2-4-7(5-6)11(8,9)10/h1,3-4,7-8H,2,5-6,9-10H2;2-5H,1H3,(H,8,9,10). The van der Waals surface area contributed by atoms with Gasteiger partial charge in [0.2, 0.25) is 0 Å². The van der Waals surface area contributed by atoms with E-state index in [1.165, 1.54) is 50.2 Å². The number of aryl methyl sites for hydroxylation is 1. The van der Waals surface area contributed by atoms with Gasteiger partial charge in [-0.15, -0.1) is 0 Å². The fourth-order valence-electron chi connectivity index (χ4n) is 2.57. The largest absolute Gasteiger partial charge is 0.372 e. The molecule has 0 bridgehead atoms. The summed E-state index contributed by atoms with van der Waals surface area (Å²) in [5.74, 6) is 0. The first-order chi connectivity index (χ1) is 11.0. The monoisotopic (exact) mass is 333 g/mol. The second kappa shape index (κ2) is 8.13. The number of nitrogens with zero attached hydrogens (tertiary/aromatic N) is 1.